The number of aromatic nitrogens is 3. The zero-order valence-electron chi connectivity index (χ0n) is 11.1. The number of hydrogen-bond donors (Lipinski definition) is 0. The summed E-state index contributed by atoms with van der Waals surface area (Å²) >= 11 is 9.78. The minimum atomic E-state index is 0.467. The minimum Gasteiger partial charge on any atom is -0.263 e. The zero-order valence-corrected chi connectivity index (χ0v) is 13.4. The summed E-state index contributed by atoms with van der Waals surface area (Å²) in [5.41, 5.74) is 1.93. The van der Waals surface area contributed by atoms with Crippen molar-refractivity contribution in [1.82, 2.24) is 15.0 Å². The largest absolute Gasteiger partial charge is 0.263 e. The first-order valence-electron chi connectivity index (χ1n) is 6.80. The highest BCUT2D eigenvalue weighted by molar-refractivity contribution is 9.10. The Labute approximate surface area is 135 Å². The Hall–Kier alpha value is -1.52. The van der Waals surface area contributed by atoms with E-state index >= 15 is 0 Å². The lowest BCUT2D eigenvalue weighted by molar-refractivity contribution is 0.979. The molecule has 0 aliphatic heterocycles. The van der Waals surface area contributed by atoms with E-state index in [1.54, 1.807) is 6.20 Å². The summed E-state index contributed by atoms with van der Waals surface area (Å²) in [4.78, 5) is 13.5. The van der Waals surface area contributed by atoms with Crippen LogP contribution in [0.25, 0.3) is 22.2 Å². The molecule has 1 fully saturated rings. The maximum absolute atomic E-state index is 6.27. The number of hydrogen-bond acceptors (Lipinski definition) is 3. The Morgan fingerprint density at radius 1 is 1.10 bits per heavy atom. The fraction of sp³-hybridized carbons (Fsp3) is 0.188. The van der Waals surface area contributed by atoms with Crippen molar-refractivity contribution in [1.29, 1.82) is 0 Å². The van der Waals surface area contributed by atoms with Gasteiger partial charge in [-0.2, -0.15) is 0 Å². The Morgan fingerprint density at radius 2 is 1.90 bits per heavy atom. The van der Waals surface area contributed by atoms with Gasteiger partial charge in [-0.1, -0.05) is 35.9 Å². The van der Waals surface area contributed by atoms with Gasteiger partial charge in [-0.05, 0) is 34.2 Å². The molecule has 1 aliphatic carbocycles. The summed E-state index contributed by atoms with van der Waals surface area (Å²) in [5, 5.41) is 2.63. The van der Waals surface area contributed by atoms with Gasteiger partial charge in [0.15, 0.2) is 5.82 Å². The van der Waals surface area contributed by atoms with E-state index < -0.39 is 0 Å². The minimum absolute atomic E-state index is 0.467. The summed E-state index contributed by atoms with van der Waals surface area (Å²) in [7, 11) is 0. The van der Waals surface area contributed by atoms with Gasteiger partial charge in [-0.3, -0.25) is 4.98 Å². The van der Waals surface area contributed by atoms with Crippen molar-refractivity contribution in [2.24, 2.45) is 0 Å². The topological polar surface area (TPSA) is 38.7 Å². The molecule has 3 aromatic rings. The first-order chi connectivity index (χ1) is 10.2. The molecule has 4 rings (SSSR count). The van der Waals surface area contributed by atoms with E-state index in [0.717, 1.165) is 26.5 Å². The molecule has 21 heavy (non-hydrogen) atoms. The van der Waals surface area contributed by atoms with Crippen molar-refractivity contribution in [3.63, 3.8) is 0 Å². The molecule has 0 amide bonds. The summed E-state index contributed by atoms with van der Waals surface area (Å²) in [6.45, 7) is 0. The average molecular weight is 361 g/mol. The summed E-state index contributed by atoms with van der Waals surface area (Å²) in [6.07, 6.45) is 5.98. The summed E-state index contributed by atoms with van der Waals surface area (Å²) < 4.78 is 0.823. The molecule has 1 aromatic carbocycles. The number of benzene rings is 1. The van der Waals surface area contributed by atoms with Gasteiger partial charge < -0.3 is 0 Å². The first kappa shape index (κ1) is 13.2. The monoisotopic (exact) mass is 359 g/mol. The number of fused-ring (bicyclic) bond motifs is 1. The third-order valence-electron chi connectivity index (χ3n) is 3.71. The maximum atomic E-state index is 6.27. The molecular weight excluding hydrogens is 350 g/mol. The molecule has 0 unspecified atom stereocenters. The van der Waals surface area contributed by atoms with Crippen LogP contribution in [-0.4, -0.2) is 15.0 Å². The number of halogens is 2. The molecule has 0 radical (unpaired) electrons. The quantitative estimate of drug-likeness (QED) is 0.605. The first-order valence-corrected chi connectivity index (χ1v) is 7.97. The molecule has 0 spiro atoms. The van der Waals surface area contributed by atoms with Crippen LogP contribution in [0.15, 0.2) is 41.1 Å². The van der Waals surface area contributed by atoms with E-state index in [2.05, 4.69) is 32.0 Å². The number of pyridine rings is 1. The van der Waals surface area contributed by atoms with Crippen LogP contribution in [0.3, 0.4) is 0 Å². The van der Waals surface area contributed by atoms with Crippen LogP contribution in [-0.2, 0) is 0 Å². The van der Waals surface area contributed by atoms with E-state index in [4.69, 9.17) is 16.6 Å². The highest BCUT2D eigenvalue weighted by Gasteiger charge is 2.29. The molecule has 104 valence electrons. The van der Waals surface area contributed by atoms with Crippen LogP contribution in [0.4, 0.5) is 0 Å². The van der Waals surface area contributed by atoms with Crippen LogP contribution >= 0.6 is 27.5 Å². The second-order valence-electron chi connectivity index (χ2n) is 5.22. The van der Waals surface area contributed by atoms with E-state index in [9.17, 15) is 0 Å². The molecule has 5 heteroatoms. The van der Waals surface area contributed by atoms with Gasteiger partial charge in [-0.15, -0.1) is 0 Å². The predicted octanol–water partition coefficient (Wildman–Crippen LogP) is 4.99. The molecule has 1 saturated carbocycles. The Bertz CT molecular complexity index is 841. The van der Waals surface area contributed by atoms with Crippen molar-refractivity contribution in [2.75, 3.05) is 0 Å². The predicted molar refractivity (Wildman–Crippen MR) is 87.5 cm³/mol. The highest BCUT2D eigenvalue weighted by atomic mass is 79.9. The lowest BCUT2D eigenvalue weighted by Gasteiger charge is -2.09. The van der Waals surface area contributed by atoms with E-state index in [1.807, 2.05) is 24.4 Å². The van der Waals surface area contributed by atoms with Crippen LogP contribution < -0.4 is 0 Å². The van der Waals surface area contributed by atoms with Crippen LogP contribution in [0.2, 0.25) is 5.15 Å². The molecule has 0 N–H and O–H groups in total. The number of rotatable bonds is 2. The molecule has 0 atom stereocenters. The third-order valence-corrected chi connectivity index (χ3v) is 4.99. The van der Waals surface area contributed by atoms with Crippen LogP contribution in [0.5, 0.6) is 0 Å². The average Bonchev–Trinajstić information content (AvgIpc) is 3.34. The van der Waals surface area contributed by atoms with E-state index in [-0.39, 0.29) is 0 Å². The van der Waals surface area contributed by atoms with Crippen molar-refractivity contribution in [2.45, 2.75) is 18.8 Å². The van der Waals surface area contributed by atoms with Gasteiger partial charge in [0.1, 0.15) is 5.15 Å². The van der Waals surface area contributed by atoms with Gasteiger partial charge in [0.25, 0.3) is 0 Å². The van der Waals surface area contributed by atoms with Gasteiger partial charge >= 0.3 is 0 Å². The van der Waals surface area contributed by atoms with Crippen molar-refractivity contribution in [3.05, 3.63) is 52.0 Å². The lowest BCUT2D eigenvalue weighted by atomic mass is 10.1. The fourth-order valence-electron chi connectivity index (χ4n) is 2.48. The molecule has 3 nitrogen and oxygen atoms in total. The summed E-state index contributed by atoms with van der Waals surface area (Å²) in [6, 6.07) is 8.10. The van der Waals surface area contributed by atoms with Crippen LogP contribution in [0.1, 0.15) is 24.5 Å². The Morgan fingerprint density at radius 3 is 2.71 bits per heavy atom. The third kappa shape index (κ3) is 2.32. The highest BCUT2D eigenvalue weighted by Crippen LogP contribution is 2.44. The van der Waals surface area contributed by atoms with E-state index in [0.29, 0.717) is 16.9 Å². The Kier molecular flexibility index (Phi) is 3.16. The molecule has 0 bridgehead atoms. The van der Waals surface area contributed by atoms with Crippen molar-refractivity contribution < 1.29 is 0 Å². The summed E-state index contributed by atoms with van der Waals surface area (Å²) in [5.74, 6) is 1.15. The number of nitrogens with zero attached hydrogens (tertiary/aromatic N) is 3. The van der Waals surface area contributed by atoms with Gasteiger partial charge in [0.05, 0.1) is 10.2 Å². The molecule has 1 aliphatic rings. The lowest BCUT2D eigenvalue weighted by Crippen LogP contribution is -1.98. The maximum Gasteiger partial charge on any atom is 0.163 e. The molecular formula is C16H11BrClN3. The second kappa shape index (κ2) is 5.04. The SMILES string of the molecule is Clc1nc(-c2cncc3ccccc23)nc(C2CC2)c1Br. The van der Waals surface area contributed by atoms with Crippen LogP contribution in [0, 0.1) is 0 Å². The molecule has 2 heterocycles. The normalized spacial score (nSPS) is 14.6. The zero-order chi connectivity index (χ0) is 14.4. The fourth-order valence-corrected chi connectivity index (χ4v) is 3.16. The standard InChI is InChI=1S/C16H11BrClN3/c17-13-14(9-5-6-9)20-16(21-15(13)18)12-8-19-7-10-3-1-2-4-11(10)12/h1-4,7-9H,5-6H2. The molecule has 2 aromatic heterocycles. The smallest absolute Gasteiger partial charge is 0.163 e. The van der Waals surface area contributed by atoms with E-state index in [1.165, 1.54) is 12.8 Å². The van der Waals surface area contributed by atoms with Crippen molar-refractivity contribution >= 4 is 38.3 Å². The van der Waals surface area contributed by atoms with Gasteiger partial charge in [0, 0.05) is 29.3 Å². The van der Waals surface area contributed by atoms with Crippen molar-refractivity contribution in [3.8, 4) is 11.4 Å². The van der Waals surface area contributed by atoms with Gasteiger partial charge in [-0.25, -0.2) is 9.97 Å². The van der Waals surface area contributed by atoms with Gasteiger partial charge in [0.2, 0.25) is 0 Å². The second-order valence-corrected chi connectivity index (χ2v) is 6.37. The molecule has 0 saturated heterocycles. The Balaban J connectivity index is 1.96.